The number of hydrogen-bond donors (Lipinski definition) is 1. The Labute approximate surface area is 165 Å². The van der Waals surface area contributed by atoms with Crippen LogP contribution in [0.15, 0.2) is 58.4 Å². The average Bonchev–Trinajstić information content (AvgIpc) is 3.36. The molecule has 1 aromatic carbocycles. The van der Waals surface area contributed by atoms with E-state index in [4.69, 9.17) is 4.42 Å². The molecule has 2 amide bonds. The van der Waals surface area contributed by atoms with Crippen molar-refractivity contribution in [1.29, 1.82) is 0 Å². The van der Waals surface area contributed by atoms with Crippen LogP contribution >= 0.6 is 11.8 Å². The van der Waals surface area contributed by atoms with Crippen molar-refractivity contribution in [3.8, 4) is 5.69 Å². The largest absolute Gasteiger partial charge is 0.467 e. The zero-order valence-electron chi connectivity index (χ0n) is 15.4. The third kappa shape index (κ3) is 4.42. The van der Waals surface area contributed by atoms with E-state index in [9.17, 15) is 14.0 Å². The Morgan fingerprint density at radius 1 is 1.29 bits per heavy atom. The van der Waals surface area contributed by atoms with Gasteiger partial charge in [0.2, 0.25) is 5.91 Å². The molecular formula is C19H19FN4O3S. The Morgan fingerprint density at radius 3 is 2.68 bits per heavy atom. The Bertz CT molecular complexity index is 954. The number of aromatic nitrogens is 2. The van der Waals surface area contributed by atoms with Crippen LogP contribution in [0.1, 0.15) is 16.2 Å². The number of imidazole rings is 1. The van der Waals surface area contributed by atoms with Crippen molar-refractivity contribution in [2.45, 2.75) is 11.7 Å². The minimum absolute atomic E-state index is 0.122. The highest BCUT2D eigenvalue weighted by molar-refractivity contribution is 7.98. The van der Waals surface area contributed by atoms with Gasteiger partial charge in [0, 0.05) is 12.7 Å². The van der Waals surface area contributed by atoms with Crippen molar-refractivity contribution in [1.82, 2.24) is 19.8 Å². The summed E-state index contributed by atoms with van der Waals surface area (Å²) in [5.41, 5.74) is 0.902. The molecule has 2 heterocycles. The van der Waals surface area contributed by atoms with Gasteiger partial charge in [-0.05, 0) is 42.7 Å². The van der Waals surface area contributed by atoms with Crippen LogP contribution < -0.4 is 5.32 Å². The second-order valence-corrected chi connectivity index (χ2v) is 6.73. The number of carbonyl (C=O) groups excluding carboxylic acids is 2. The van der Waals surface area contributed by atoms with Crippen LogP contribution in [0.2, 0.25) is 0 Å². The third-order valence-electron chi connectivity index (χ3n) is 3.98. The maximum atomic E-state index is 13.3. The summed E-state index contributed by atoms with van der Waals surface area (Å²) >= 11 is 1.36. The fourth-order valence-electron chi connectivity index (χ4n) is 2.61. The molecule has 0 radical (unpaired) electrons. The summed E-state index contributed by atoms with van der Waals surface area (Å²) < 4.78 is 20.1. The minimum Gasteiger partial charge on any atom is -0.467 e. The molecule has 0 aliphatic heterocycles. The van der Waals surface area contributed by atoms with Gasteiger partial charge in [0.1, 0.15) is 17.3 Å². The van der Waals surface area contributed by atoms with Crippen LogP contribution in [0, 0.1) is 5.82 Å². The van der Waals surface area contributed by atoms with Gasteiger partial charge in [-0.2, -0.15) is 0 Å². The first-order valence-corrected chi connectivity index (χ1v) is 9.64. The van der Waals surface area contributed by atoms with E-state index in [1.807, 2.05) is 6.26 Å². The van der Waals surface area contributed by atoms with Gasteiger partial charge in [-0.15, -0.1) is 0 Å². The summed E-state index contributed by atoms with van der Waals surface area (Å²) in [6.45, 7) is 0.126. The SMILES string of the molecule is CSc1ncc(C(=O)N(C)CC(=O)NCc2ccco2)n1-c1ccc(F)cc1. The van der Waals surface area contributed by atoms with Crippen LogP contribution in [0.3, 0.4) is 0 Å². The highest BCUT2D eigenvalue weighted by Gasteiger charge is 2.22. The molecule has 28 heavy (non-hydrogen) atoms. The molecule has 3 aromatic rings. The fourth-order valence-corrected chi connectivity index (χ4v) is 3.15. The van der Waals surface area contributed by atoms with Gasteiger partial charge in [0.25, 0.3) is 5.91 Å². The number of benzene rings is 1. The average molecular weight is 402 g/mol. The number of furan rings is 1. The van der Waals surface area contributed by atoms with Crippen molar-refractivity contribution in [2.24, 2.45) is 0 Å². The molecule has 2 aromatic heterocycles. The fraction of sp³-hybridized carbons (Fsp3) is 0.211. The van der Waals surface area contributed by atoms with Gasteiger partial charge in [-0.1, -0.05) is 11.8 Å². The zero-order valence-corrected chi connectivity index (χ0v) is 16.2. The number of likely N-dealkylation sites (N-methyl/N-ethyl adjacent to an activating group) is 1. The molecule has 0 saturated heterocycles. The molecule has 0 bridgehead atoms. The number of carbonyl (C=O) groups is 2. The molecule has 0 unspecified atom stereocenters. The van der Waals surface area contributed by atoms with Crippen molar-refractivity contribution in [3.05, 3.63) is 66.1 Å². The number of halogens is 1. The lowest BCUT2D eigenvalue weighted by Gasteiger charge is -2.18. The molecule has 0 aliphatic rings. The normalized spacial score (nSPS) is 10.7. The minimum atomic E-state index is -0.370. The summed E-state index contributed by atoms with van der Waals surface area (Å²) in [5, 5.41) is 3.28. The van der Waals surface area contributed by atoms with Crippen LogP contribution in [0.5, 0.6) is 0 Å². The second-order valence-electron chi connectivity index (χ2n) is 5.96. The molecule has 0 aliphatic carbocycles. The predicted molar refractivity (Wildman–Crippen MR) is 103 cm³/mol. The maximum absolute atomic E-state index is 13.3. The van der Waals surface area contributed by atoms with Crippen LogP contribution in [0.4, 0.5) is 4.39 Å². The van der Waals surface area contributed by atoms with Crippen molar-refractivity contribution in [2.75, 3.05) is 19.8 Å². The molecule has 146 valence electrons. The summed E-state index contributed by atoms with van der Waals surface area (Å²) in [6, 6.07) is 9.27. The highest BCUT2D eigenvalue weighted by atomic mass is 32.2. The first-order valence-electron chi connectivity index (χ1n) is 8.42. The molecule has 9 heteroatoms. The van der Waals surface area contributed by atoms with Gasteiger partial charge in [0.05, 0.1) is 25.5 Å². The number of hydrogen-bond acceptors (Lipinski definition) is 5. The Morgan fingerprint density at radius 2 is 2.04 bits per heavy atom. The van der Waals surface area contributed by atoms with Crippen LogP contribution in [-0.4, -0.2) is 46.1 Å². The molecule has 0 atom stereocenters. The lowest BCUT2D eigenvalue weighted by molar-refractivity contribution is -0.121. The Hall–Kier alpha value is -3.07. The predicted octanol–water partition coefficient (Wildman–Crippen LogP) is 2.71. The number of rotatable bonds is 7. The van der Waals surface area contributed by atoms with Crippen molar-refractivity contribution >= 4 is 23.6 Å². The zero-order chi connectivity index (χ0) is 20.1. The lowest BCUT2D eigenvalue weighted by atomic mass is 10.3. The number of nitrogens with zero attached hydrogens (tertiary/aromatic N) is 3. The van der Waals surface area contributed by atoms with Gasteiger partial charge in [-0.25, -0.2) is 9.37 Å². The Kier molecular flexibility index (Phi) is 6.15. The quantitative estimate of drug-likeness (QED) is 0.615. The van der Waals surface area contributed by atoms with E-state index >= 15 is 0 Å². The smallest absolute Gasteiger partial charge is 0.272 e. The highest BCUT2D eigenvalue weighted by Crippen LogP contribution is 2.22. The molecule has 0 spiro atoms. The maximum Gasteiger partial charge on any atom is 0.272 e. The molecule has 7 nitrogen and oxygen atoms in total. The van der Waals surface area contributed by atoms with E-state index in [0.717, 1.165) is 0 Å². The van der Waals surface area contributed by atoms with E-state index < -0.39 is 0 Å². The van der Waals surface area contributed by atoms with E-state index in [1.54, 1.807) is 28.8 Å². The summed E-state index contributed by atoms with van der Waals surface area (Å²) in [4.78, 5) is 30.6. The van der Waals surface area contributed by atoms with Crippen molar-refractivity contribution < 1.29 is 18.4 Å². The van der Waals surface area contributed by atoms with Gasteiger partial charge in [0.15, 0.2) is 5.16 Å². The molecule has 3 rings (SSSR count). The van der Waals surface area contributed by atoms with E-state index in [-0.39, 0.29) is 36.4 Å². The van der Waals surface area contributed by atoms with Crippen LogP contribution in [0.25, 0.3) is 5.69 Å². The molecule has 0 saturated carbocycles. The lowest BCUT2D eigenvalue weighted by Crippen LogP contribution is -2.38. The van der Waals surface area contributed by atoms with E-state index in [2.05, 4.69) is 10.3 Å². The molecule has 1 N–H and O–H groups in total. The van der Waals surface area contributed by atoms with Gasteiger partial charge < -0.3 is 14.6 Å². The summed E-state index contributed by atoms with van der Waals surface area (Å²) in [7, 11) is 1.54. The first-order chi connectivity index (χ1) is 13.5. The first kappa shape index (κ1) is 19.7. The van der Waals surface area contributed by atoms with E-state index in [1.165, 1.54) is 48.3 Å². The standard InChI is InChI=1S/C19H19FN4O3S/c1-23(12-17(25)21-10-15-4-3-9-27-15)18(26)16-11-22-19(28-2)24(16)14-7-5-13(20)6-8-14/h3-9,11H,10,12H2,1-2H3,(H,21,25). The molecule has 0 fully saturated rings. The number of amides is 2. The van der Waals surface area contributed by atoms with Gasteiger partial charge in [-0.3, -0.25) is 14.2 Å². The number of nitrogens with one attached hydrogen (secondary N) is 1. The Balaban J connectivity index is 1.73. The van der Waals surface area contributed by atoms with Gasteiger partial charge >= 0.3 is 0 Å². The summed E-state index contributed by atoms with van der Waals surface area (Å²) in [6.07, 6.45) is 4.81. The summed E-state index contributed by atoms with van der Waals surface area (Å²) in [5.74, 6) is -0.426. The molecular weight excluding hydrogens is 383 g/mol. The number of thioether (sulfide) groups is 1. The third-order valence-corrected chi connectivity index (χ3v) is 4.64. The monoisotopic (exact) mass is 402 g/mol. The topological polar surface area (TPSA) is 80.4 Å². The van der Waals surface area contributed by atoms with E-state index in [0.29, 0.717) is 16.6 Å². The second kappa shape index (κ2) is 8.75. The van der Waals surface area contributed by atoms with Crippen LogP contribution in [-0.2, 0) is 11.3 Å². The van der Waals surface area contributed by atoms with Crippen molar-refractivity contribution in [3.63, 3.8) is 0 Å².